The van der Waals surface area contributed by atoms with E-state index < -0.39 is 0 Å². The highest BCUT2D eigenvalue weighted by Crippen LogP contribution is 2.67. The standard InChI is InChI=1S/C30H50O/c1-8-22(20(2)3)10-9-21(4)26-13-14-27-25-12-11-23-19-24(31-7)15-17-29(23,5)28(25)16-18-30(26,27)6/h9-11,20-22,24-28H,8,12-19H2,1-7H3/b10-9+/t21-,22+,24+,25+,26-,27-,28+,29+,30-/m1/s1. The monoisotopic (exact) mass is 426 g/mol. The number of ether oxygens (including phenoxy) is 1. The largest absolute Gasteiger partial charge is 0.381 e. The summed E-state index contributed by atoms with van der Waals surface area (Å²) in [5.74, 6) is 5.88. The summed E-state index contributed by atoms with van der Waals surface area (Å²) in [7, 11) is 1.91. The van der Waals surface area contributed by atoms with Crippen LogP contribution in [0.25, 0.3) is 0 Å². The Morgan fingerprint density at radius 1 is 1.03 bits per heavy atom. The van der Waals surface area contributed by atoms with Crippen LogP contribution < -0.4 is 0 Å². The summed E-state index contributed by atoms with van der Waals surface area (Å²) in [6.07, 6.45) is 20.6. The van der Waals surface area contributed by atoms with Gasteiger partial charge in [0.1, 0.15) is 0 Å². The zero-order valence-corrected chi connectivity index (χ0v) is 21.6. The van der Waals surface area contributed by atoms with E-state index in [0.29, 0.717) is 16.9 Å². The van der Waals surface area contributed by atoms with Crippen molar-refractivity contribution in [1.29, 1.82) is 0 Å². The molecule has 3 fully saturated rings. The summed E-state index contributed by atoms with van der Waals surface area (Å²) in [5, 5.41) is 0. The third-order valence-corrected chi connectivity index (χ3v) is 11.1. The normalized spacial score (nSPS) is 44.5. The lowest BCUT2D eigenvalue weighted by Crippen LogP contribution is -2.50. The molecule has 4 rings (SSSR count). The van der Waals surface area contributed by atoms with Crippen molar-refractivity contribution in [3.8, 4) is 0 Å². The van der Waals surface area contributed by atoms with Crippen molar-refractivity contribution in [3.63, 3.8) is 0 Å². The second-order valence-electron chi connectivity index (χ2n) is 12.6. The number of allylic oxidation sites excluding steroid dienone is 3. The van der Waals surface area contributed by atoms with Crippen LogP contribution in [0.2, 0.25) is 0 Å². The van der Waals surface area contributed by atoms with Crippen LogP contribution in [0.1, 0.15) is 99.3 Å². The third kappa shape index (κ3) is 4.00. The number of methoxy groups -OCH3 is 1. The Morgan fingerprint density at radius 2 is 1.81 bits per heavy atom. The Labute approximate surface area is 193 Å². The van der Waals surface area contributed by atoms with Crippen LogP contribution in [-0.4, -0.2) is 13.2 Å². The highest BCUT2D eigenvalue weighted by atomic mass is 16.5. The molecular weight excluding hydrogens is 376 g/mol. The molecule has 1 nitrogen and oxygen atoms in total. The quantitative estimate of drug-likeness (QED) is 0.387. The third-order valence-electron chi connectivity index (χ3n) is 11.1. The maximum absolute atomic E-state index is 5.76. The molecule has 0 radical (unpaired) electrons. The molecule has 9 atom stereocenters. The van der Waals surface area contributed by atoms with Crippen molar-refractivity contribution in [2.24, 2.45) is 52.3 Å². The summed E-state index contributed by atoms with van der Waals surface area (Å²) in [5.41, 5.74) is 2.75. The van der Waals surface area contributed by atoms with Gasteiger partial charge in [0.25, 0.3) is 0 Å². The van der Waals surface area contributed by atoms with Gasteiger partial charge in [0.15, 0.2) is 0 Å². The van der Waals surface area contributed by atoms with Crippen LogP contribution in [0.5, 0.6) is 0 Å². The SMILES string of the molecule is CC[C@@H](/C=C/[C@@H](C)[C@H]1CC[C@@H]2[C@@H]3CC=C4C[C@@H](OC)CC[C@]4(C)[C@H]3CC[C@@]21C)C(C)C. The van der Waals surface area contributed by atoms with E-state index in [0.717, 1.165) is 41.4 Å². The predicted molar refractivity (Wildman–Crippen MR) is 133 cm³/mol. The van der Waals surface area contributed by atoms with E-state index in [1.54, 1.807) is 5.57 Å². The highest BCUT2D eigenvalue weighted by Gasteiger charge is 2.59. The van der Waals surface area contributed by atoms with Crippen LogP contribution in [0, 0.1) is 52.3 Å². The molecule has 0 spiro atoms. The summed E-state index contributed by atoms with van der Waals surface area (Å²) < 4.78 is 5.76. The maximum Gasteiger partial charge on any atom is 0.0608 e. The maximum atomic E-state index is 5.76. The molecule has 176 valence electrons. The van der Waals surface area contributed by atoms with Gasteiger partial charge in [0.05, 0.1) is 6.10 Å². The van der Waals surface area contributed by atoms with Crippen molar-refractivity contribution >= 4 is 0 Å². The molecule has 0 aromatic rings. The highest BCUT2D eigenvalue weighted by molar-refractivity contribution is 5.25. The Balaban J connectivity index is 1.51. The average Bonchev–Trinajstić information content (AvgIpc) is 3.10. The van der Waals surface area contributed by atoms with Gasteiger partial charge in [0, 0.05) is 7.11 Å². The Hall–Kier alpha value is -0.560. The minimum absolute atomic E-state index is 0.453. The lowest BCUT2D eigenvalue weighted by atomic mass is 9.47. The average molecular weight is 427 g/mol. The molecular formula is C30H50O. The number of rotatable bonds is 6. The summed E-state index contributed by atoms with van der Waals surface area (Å²) in [6.45, 7) is 14.9. The second kappa shape index (κ2) is 9.00. The van der Waals surface area contributed by atoms with E-state index in [-0.39, 0.29) is 0 Å². The van der Waals surface area contributed by atoms with Crippen LogP contribution in [-0.2, 0) is 4.74 Å². The van der Waals surface area contributed by atoms with Gasteiger partial charge in [-0.1, -0.05) is 65.3 Å². The number of fused-ring (bicyclic) bond motifs is 5. The van der Waals surface area contributed by atoms with Crippen molar-refractivity contribution in [1.82, 2.24) is 0 Å². The molecule has 0 amide bonds. The van der Waals surface area contributed by atoms with Gasteiger partial charge in [-0.3, -0.25) is 0 Å². The van der Waals surface area contributed by atoms with Crippen LogP contribution >= 0.6 is 0 Å². The number of hydrogen-bond acceptors (Lipinski definition) is 1. The zero-order chi connectivity index (χ0) is 22.4. The van der Waals surface area contributed by atoms with E-state index in [1.807, 2.05) is 7.11 Å². The molecule has 4 aliphatic carbocycles. The zero-order valence-electron chi connectivity index (χ0n) is 21.6. The molecule has 0 saturated heterocycles. The van der Waals surface area contributed by atoms with Gasteiger partial charge in [0.2, 0.25) is 0 Å². The molecule has 1 heteroatoms. The molecule has 0 N–H and O–H groups in total. The fraction of sp³-hybridized carbons (Fsp3) is 0.867. The van der Waals surface area contributed by atoms with E-state index in [2.05, 4.69) is 59.8 Å². The first kappa shape index (κ1) is 23.6. The summed E-state index contributed by atoms with van der Waals surface area (Å²) in [4.78, 5) is 0. The van der Waals surface area contributed by atoms with E-state index in [4.69, 9.17) is 4.74 Å². The van der Waals surface area contributed by atoms with E-state index >= 15 is 0 Å². The van der Waals surface area contributed by atoms with Crippen molar-refractivity contribution < 1.29 is 4.74 Å². The summed E-state index contributed by atoms with van der Waals surface area (Å²) >= 11 is 0. The van der Waals surface area contributed by atoms with Crippen molar-refractivity contribution in [3.05, 3.63) is 23.8 Å². The molecule has 0 aliphatic heterocycles. The Morgan fingerprint density at radius 3 is 2.48 bits per heavy atom. The smallest absolute Gasteiger partial charge is 0.0608 e. The Bertz CT molecular complexity index is 689. The lowest BCUT2D eigenvalue weighted by Gasteiger charge is -2.58. The van der Waals surface area contributed by atoms with Gasteiger partial charge in [-0.15, -0.1) is 0 Å². The van der Waals surface area contributed by atoms with Gasteiger partial charge < -0.3 is 4.74 Å². The second-order valence-corrected chi connectivity index (χ2v) is 12.6. The fourth-order valence-electron chi connectivity index (χ4n) is 9.01. The number of hydrogen-bond donors (Lipinski definition) is 0. The van der Waals surface area contributed by atoms with E-state index in [9.17, 15) is 0 Å². The van der Waals surface area contributed by atoms with Crippen LogP contribution in [0.4, 0.5) is 0 Å². The molecule has 3 saturated carbocycles. The van der Waals surface area contributed by atoms with Crippen molar-refractivity contribution in [2.45, 2.75) is 105 Å². The van der Waals surface area contributed by atoms with Gasteiger partial charge in [-0.05, 0) is 110 Å². The lowest BCUT2D eigenvalue weighted by molar-refractivity contribution is -0.0572. The molecule has 0 unspecified atom stereocenters. The van der Waals surface area contributed by atoms with Gasteiger partial charge >= 0.3 is 0 Å². The molecule has 4 aliphatic rings. The first-order chi connectivity index (χ1) is 14.7. The predicted octanol–water partition coefficient (Wildman–Crippen LogP) is 8.45. The van der Waals surface area contributed by atoms with Crippen molar-refractivity contribution in [2.75, 3.05) is 7.11 Å². The van der Waals surface area contributed by atoms with Gasteiger partial charge in [-0.25, -0.2) is 0 Å². The Kier molecular flexibility index (Phi) is 6.85. The summed E-state index contributed by atoms with van der Waals surface area (Å²) in [6, 6.07) is 0. The van der Waals surface area contributed by atoms with E-state index in [1.165, 1.54) is 57.8 Å². The minimum atomic E-state index is 0.453. The fourth-order valence-corrected chi connectivity index (χ4v) is 9.01. The molecule has 31 heavy (non-hydrogen) atoms. The van der Waals surface area contributed by atoms with Crippen LogP contribution in [0.15, 0.2) is 23.8 Å². The first-order valence-electron chi connectivity index (χ1n) is 13.6. The minimum Gasteiger partial charge on any atom is -0.381 e. The topological polar surface area (TPSA) is 9.23 Å². The first-order valence-corrected chi connectivity index (χ1v) is 13.6. The molecule has 0 aromatic carbocycles. The molecule has 0 aromatic heterocycles. The molecule has 0 bridgehead atoms. The van der Waals surface area contributed by atoms with Gasteiger partial charge in [-0.2, -0.15) is 0 Å². The molecule has 0 heterocycles. The van der Waals surface area contributed by atoms with Crippen LogP contribution in [0.3, 0.4) is 0 Å².